The molecule has 106 valence electrons. The summed E-state index contributed by atoms with van der Waals surface area (Å²) < 4.78 is 0. The van der Waals surface area contributed by atoms with Crippen molar-refractivity contribution in [1.82, 2.24) is 9.97 Å². The molecule has 21 heavy (non-hydrogen) atoms. The van der Waals surface area contributed by atoms with Crippen LogP contribution >= 0.6 is 11.3 Å². The number of thiophene rings is 1. The van der Waals surface area contributed by atoms with Crippen LogP contribution in [-0.4, -0.2) is 9.97 Å². The first kappa shape index (κ1) is 13.4. The predicted molar refractivity (Wildman–Crippen MR) is 87.8 cm³/mol. The zero-order valence-corrected chi connectivity index (χ0v) is 12.1. The molecule has 1 aromatic carbocycles. The van der Waals surface area contributed by atoms with Gasteiger partial charge in [-0.25, -0.2) is 4.98 Å². The van der Waals surface area contributed by atoms with E-state index in [-0.39, 0.29) is 5.95 Å². The highest BCUT2D eigenvalue weighted by atomic mass is 32.1. The minimum absolute atomic E-state index is 0.181. The first-order valence-corrected chi connectivity index (χ1v) is 7.32. The van der Waals surface area contributed by atoms with E-state index in [9.17, 15) is 0 Å². The van der Waals surface area contributed by atoms with E-state index in [4.69, 9.17) is 17.2 Å². The summed E-state index contributed by atoms with van der Waals surface area (Å²) in [5.41, 5.74) is 21.2. The zero-order chi connectivity index (χ0) is 14.8. The van der Waals surface area contributed by atoms with Crippen LogP contribution in [0.25, 0.3) is 10.6 Å². The van der Waals surface area contributed by atoms with Crippen molar-refractivity contribution in [3.63, 3.8) is 0 Å². The molecule has 2 heterocycles. The van der Waals surface area contributed by atoms with Gasteiger partial charge in [-0.1, -0.05) is 24.3 Å². The van der Waals surface area contributed by atoms with Crippen LogP contribution in [0, 0.1) is 0 Å². The zero-order valence-electron chi connectivity index (χ0n) is 11.3. The predicted octanol–water partition coefficient (Wildman–Crippen LogP) is 2.54. The average Bonchev–Trinajstić information content (AvgIpc) is 2.97. The van der Waals surface area contributed by atoms with E-state index in [2.05, 4.69) is 9.97 Å². The number of nitrogens with zero attached hydrogens (tertiary/aromatic N) is 2. The molecule has 0 unspecified atom stereocenters. The second-order valence-corrected chi connectivity index (χ2v) is 5.59. The molecular formula is C15H15N5S. The van der Waals surface area contributed by atoms with E-state index in [0.29, 0.717) is 12.2 Å². The number of hydrogen-bond acceptors (Lipinski definition) is 6. The van der Waals surface area contributed by atoms with Gasteiger partial charge in [0.2, 0.25) is 5.95 Å². The lowest BCUT2D eigenvalue weighted by molar-refractivity contribution is 1.10. The van der Waals surface area contributed by atoms with E-state index in [0.717, 1.165) is 27.4 Å². The Balaban J connectivity index is 2.12. The van der Waals surface area contributed by atoms with Crippen LogP contribution in [0.15, 0.2) is 41.8 Å². The fourth-order valence-corrected chi connectivity index (χ4v) is 2.94. The molecular weight excluding hydrogens is 282 g/mol. The summed E-state index contributed by atoms with van der Waals surface area (Å²) in [6, 6.07) is 11.7. The molecule has 0 spiro atoms. The van der Waals surface area contributed by atoms with Crippen molar-refractivity contribution in [1.29, 1.82) is 0 Å². The Kier molecular flexibility index (Phi) is 3.45. The molecule has 0 fully saturated rings. The second-order valence-electron chi connectivity index (χ2n) is 4.65. The molecule has 5 nitrogen and oxygen atoms in total. The Morgan fingerprint density at radius 2 is 1.76 bits per heavy atom. The molecule has 0 aliphatic carbocycles. The fraction of sp³-hybridized carbons (Fsp3) is 0.0667. The minimum Gasteiger partial charge on any atom is -0.398 e. The van der Waals surface area contributed by atoms with Crippen LogP contribution in [-0.2, 0) is 6.42 Å². The van der Waals surface area contributed by atoms with Gasteiger partial charge in [-0.05, 0) is 23.1 Å². The molecule has 6 heteroatoms. The molecule has 0 bridgehead atoms. The van der Waals surface area contributed by atoms with Crippen molar-refractivity contribution in [2.45, 2.75) is 6.42 Å². The molecule has 0 amide bonds. The van der Waals surface area contributed by atoms with E-state index < -0.39 is 0 Å². The molecule has 0 aliphatic heterocycles. The van der Waals surface area contributed by atoms with Gasteiger partial charge in [0.1, 0.15) is 5.82 Å². The van der Waals surface area contributed by atoms with Gasteiger partial charge in [-0.3, -0.25) is 0 Å². The van der Waals surface area contributed by atoms with Gasteiger partial charge in [-0.15, -0.1) is 11.3 Å². The monoisotopic (exact) mass is 297 g/mol. The summed E-state index contributed by atoms with van der Waals surface area (Å²) in [5.74, 6) is 0.579. The van der Waals surface area contributed by atoms with Crippen molar-refractivity contribution in [2.75, 3.05) is 17.2 Å². The number of nitrogens with two attached hydrogens (primary N) is 3. The van der Waals surface area contributed by atoms with Gasteiger partial charge in [0.15, 0.2) is 0 Å². The highest BCUT2D eigenvalue weighted by Crippen LogP contribution is 2.31. The van der Waals surface area contributed by atoms with Crippen molar-refractivity contribution in [3.05, 3.63) is 52.9 Å². The third-order valence-electron chi connectivity index (χ3n) is 3.23. The highest BCUT2D eigenvalue weighted by molar-refractivity contribution is 7.13. The number of hydrogen-bond donors (Lipinski definition) is 3. The Hall–Kier alpha value is -2.60. The van der Waals surface area contributed by atoms with Crippen LogP contribution in [0.5, 0.6) is 0 Å². The largest absolute Gasteiger partial charge is 0.398 e. The summed E-state index contributed by atoms with van der Waals surface area (Å²) in [5, 5.41) is 1.99. The van der Waals surface area contributed by atoms with Gasteiger partial charge in [0, 0.05) is 17.7 Å². The molecule has 0 atom stereocenters. The summed E-state index contributed by atoms with van der Waals surface area (Å²) in [7, 11) is 0. The standard InChI is InChI=1S/C15H15N5S/c16-11-5-2-1-4-9(11)8-10-13(12-6-3-7-21-12)19-15(18)20-14(10)17/h1-7H,8,16H2,(H4,17,18,19,20). The summed E-state index contributed by atoms with van der Waals surface area (Å²) in [6.07, 6.45) is 0.575. The number of rotatable bonds is 3. The molecule has 0 aliphatic rings. The molecule has 3 aromatic rings. The lowest BCUT2D eigenvalue weighted by Crippen LogP contribution is -2.08. The lowest BCUT2D eigenvalue weighted by atomic mass is 10.0. The minimum atomic E-state index is 0.181. The molecule has 0 saturated heterocycles. The normalized spacial score (nSPS) is 10.7. The molecule has 6 N–H and O–H groups in total. The highest BCUT2D eigenvalue weighted by Gasteiger charge is 2.15. The van der Waals surface area contributed by atoms with Crippen molar-refractivity contribution in [2.24, 2.45) is 0 Å². The molecule has 2 aromatic heterocycles. The van der Waals surface area contributed by atoms with E-state index >= 15 is 0 Å². The van der Waals surface area contributed by atoms with Gasteiger partial charge in [0.05, 0.1) is 10.6 Å². The van der Waals surface area contributed by atoms with Gasteiger partial charge < -0.3 is 17.2 Å². The van der Waals surface area contributed by atoms with Crippen LogP contribution in [0.4, 0.5) is 17.5 Å². The molecule has 0 radical (unpaired) electrons. The van der Waals surface area contributed by atoms with Gasteiger partial charge in [0.25, 0.3) is 0 Å². The van der Waals surface area contributed by atoms with Crippen LogP contribution < -0.4 is 17.2 Å². The third kappa shape index (κ3) is 2.66. The number of nitrogen functional groups attached to an aromatic ring is 3. The molecule has 0 saturated carbocycles. The SMILES string of the molecule is Nc1nc(N)c(Cc2ccccc2N)c(-c2cccs2)n1. The number of aromatic nitrogens is 2. The fourth-order valence-electron chi connectivity index (χ4n) is 2.20. The number of benzene rings is 1. The quantitative estimate of drug-likeness (QED) is 0.644. The van der Waals surface area contributed by atoms with E-state index in [1.54, 1.807) is 11.3 Å². The topological polar surface area (TPSA) is 104 Å². The van der Waals surface area contributed by atoms with Crippen LogP contribution in [0.2, 0.25) is 0 Å². The van der Waals surface area contributed by atoms with Gasteiger partial charge in [-0.2, -0.15) is 4.98 Å². The maximum Gasteiger partial charge on any atom is 0.222 e. The average molecular weight is 297 g/mol. The second kappa shape index (κ2) is 5.41. The Morgan fingerprint density at radius 1 is 0.952 bits per heavy atom. The summed E-state index contributed by atoms with van der Waals surface area (Å²) in [6.45, 7) is 0. The summed E-state index contributed by atoms with van der Waals surface area (Å²) in [4.78, 5) is 9.45. The smallest absolute Gasteiger partial charge is 0.222 e. The summed E-state index contributed by atoms with van der Waals surface area (Å²) >= 11 is 1.59. The lowest BCUT2D eigenvalue weighted by Gasteiger charge is -2.12. The first-order valence-electron chi connectivity index (χ1n) is 6.44. The van der Waals surface area contributed by atoms with E-state index in [1.807, 2.05) is 41.8 Å². The Bertz CT molecular complexity index is 768. The first-order chi connectivity index (χ1) is 10.1. The van der Waals surface area contributed by atoms with Crippen molar-refractivity contribution >= 4 is 28.8 Å². The van der Waals surface area contributed by atoms with Crippen molar-refractivity contribution < 1.29 is 0 Å². The number of para-hydroxylation sites is 1. The Morgan fingerprint density at radius 3 is 2.48 bits per heavy atom. The Labute approximate surface area is 126 Å². The van der Waals surface area contributed by atoms with E-state index in [1.165, 1.54) is 0 Å². The van der Waals surface area contributed by atoms with Gasteiger partial charge >= 0.3 is 0 Å². The maximum absolute atomic E-state index is 6.06. The van der Waals surface area contributed by atoms with Crippen LogP contribution in [0.1, 0.15) is 11.1 Å². The third-order valence-corrected chi connectivity index (χ3v) is 4.11. The van der Waals surface area contributed by atoms with Crippen LogP contribution in [0.3, 0.4) is 0 Å². The molecule has 3 rings (SSSR count). The maximum atomic E-state index is 6.06. The van der Waals surface area contributed by atoms with Crippen molar-refractivity contribution in [3.8, 4) is 10.6 Å². The number of anilines is 3.